The van der Waals surface area contributed by atoms with Crippen LogP contribution in [0.15, 0.2) is 114 Å². The van der Waals surface area contributed by atoms with Crippen LogP contribution in [0.1, 0.15) is 5.56 Å². The van der Waals surface area contributed by atoms with Gasteiger partial charge in [-0.05, 0) is 53.4 Å². The number of benzene rings is 4. The van der Waals surface area contributed by atoms with Gasteiger partial charge in [0.2, 0.25) is 0 Å². The summed E-state index contributed by atoms with van der Waals surface area (Å²) in [7, 11) is 0. The molecule has 0 bridgehead atoms. The van der Waals surface area contributed by atoms with Crippen molar-refractivity contribution in [2.45, 2.75) is 6.92 Å². The van der Waals surface area contributed by atoms with E-state index in [4.69, 9.17) is 4.42 Å². The summed E-state index contributed by atoms with van der Waals surface area (Å²) in [6.07, 6.45) is 1.86. The Balaban J connectivity index is 1.74. The van der Waals surface area contributed by atoms with Crippen LogP contribution < -0.4 is 0 Å². The molecular weight excluding hydrogens is 390 g/mol. The monoisotopic (exact) mass is 411 g/mol. The lowest BCUT2D eigenvalue weighted by atomic mass is 9.94. The van der Waals surface area contributed by atoms with Crippen molar-refractivity contribution in [3.8, 4) is 33.5 Å². The van der Waals surface area contributed by atoms with E-state index in [1.54, 1.807) is 0 Å². The number of furan rings is 1. The minimum atomic E-state index is 0.876. The number of rotatable bonds is 3. The van der Waals surface area contributed by atoms with Crippen molar-refractivity contribution in [3.05, 3.63) is 115 Å². The predicted molar refractivity (Wildman–Crippen MR) is 133 cm³/mol. The number of aryl methyl sites for hydroxylation is 1. The molecule has 0 amide bonds. The van der Waals surface area contributed by atoms with E-state index < -0.39 is 0 Å². The Labute approximate surface area is 186 Å². The summed E-state index contributed by atoms with van der Waals surface area (Å²) in [6, 6.07) is 35.8. The highest BCUT2D eigenvalue weighted by molar-refractivity contribution is 6.18. The molecule has 2 aromatic heterocycles. The first-order chi connectivity index (χ1) is 15.8. The molecule has 0 fully saturated rings. The number of nitrogens with zero attached hydrogens (tertiary/aromatic N) is 1. The van der Waals surface area contributed by atoms with Crippen LogP contribution in [0.5, 0.6) is 0 Å². The first kappa shape index (κ1) is 18.6. The zero-order valence-corrected chi connectivity index (χ0v) is 17.7. The lowest BCUT2D eigenvalue weighted by molar-refractivity contribution is 0.671. The van der Waals surface area contributed by atoms with Crippen molar-refractivity contribution in [1.29, 1.82) is 0 Å². The van der Waals surface area contributed by atoms with Crippen LogP contribution in [0.3, 0.4) is 0 Å². The van der Waals surface area contributed by atoms with Crippen molar-refractivity contribution in [2.24, 2.45) is 0 Å². The second-order valence-corrected chi connectivity index (χ2v) is 8.10. The Bertz CT molecular complexity index is 1560. The Kier molecular flexibility index (Phi) is 4.36. The molecule has 0 radical (unpaired) electrons. The third kappa shape index (κ3) is 3.00. The number of pyridine rings is 1. The van der Waals surface area contributed by atoms with E-state index in [0.29, 0.717) is 0 Å². The average molecular weight is 412 g/mol. The first-order valence-corrected chi connectivity index (χ1v) is 10.8. The van der Waals surface area contributed by atoms with E-state index in [2.05, 4.69) is 96.8 Å². The van der Waals surface area contributed by atoms with Crippen molar-refractivity contribution in [1.82, 2.24) is 4.98 Å². The van der Waals surface area contributed by atoms with Gasteiger partial charge in [0, 0.05) is 28.1 Å². The molecule has 0 N–H and O–H groups in total. The van der Waals surface area contributed by atoms with Gasteiger partial charge in [-0.25, -0.2) is 0 Å². The van der Waals surface area contributed by atoms with Crippen LogP contribution >= 0.6 is 0 Å². The fraction of sp³-hybridized carbons (Fsp3) is 0.0333. The third-order valence-corrected chi connectivity index (χ3v) is 6.01. The van der Waals surface area contributed by atoms with E-state index in [1.807, 2.05) is 24.4 Å². The summed E-state index contributed by atoms with van der Waals surface area (Å²) in [5.74, 6) is 0. The zero-order chi connectivity index (χ0) is 21.5. The first-order valence-electron chi connectivity index (χ1n) is 10.8. The highest BCUT2D eigenvalue weighted by Gasteiger charge is 2.19. The standard InChI is InChI=1S/C30H21NO/c1-20-17-18-31-27(19-20)25-13-8-14-26-28-23(21-9-4-2-5-10-21)15-16-24(30(28)32-29(25)26)22-11-6-3-7-12-22/h2-19H,1H3. The number of para-hydroxylation sites is 1. The van der Waals surface area contributed by atoms with Crippen LogP contribution in [-0.2, 0) is 0 Å². The lowest BCUT2D eigenvalue weighted by Crippen LogP contribution is -1.85. The summed E-state index contributed by atoms with van der Waals surface area (Å²) >= 11 is 0. The van der Waals surface area contributed by atoms with E-state index in [9.17, 15) is 0 Å². The fourth-order valence-corrected chi connectivity index (χ4v) is 4.49. The molecule has 0 saturated carbocycles. The van der Waals surface area contributed by atoms with Gasteiger partial charge < -0.3 is 4.42 Å². The predicted octanol–water partition coefficient (Wildman–Crippen LogP) is 8.29. The summed E-state index contributed by atoms with van der Waals surface area (Å²) in [4.78, 5) is 4.63. The summed E-state index contributed by atoms with van der Waals surface area (Å²) in [5, 5.41) is 2.25. The molecule has 6 aromatic rings. The highest BCUT2D eigenvalue weighted by Crippen LogP contribution is 2.43. The Hall–Kier alpha value is -4.17. The largest absolute Gasteiger partial charge is 0.455 e. The summed E-state index contributed by atoms with van der Waals surface area (Å²) < 4.78 is 6.69. The van der Waals surface area contributed by atoms with Gasteiger partial charge in [-0.15, -0.1) is 0 Å². The molecule has 0 aliphatic heterocycles. The molecule has 2 heteroatoms. The number of aromatic nitrogens is 1. The van der Waals surface area contributed by atoms with E-state index in [0.717, 1.165) is 44.3 Å². The molecule has 0 aliphatic rings. The van der Waals surface area contributed by atoms with Gasteiger partial charge >= 0.3 is 0 Å². The molecular formula is C30H21NO. The fourth-order valence-electron chi connectivity index (χ4n) is 4.49. The van der Waals surface area contributed by atoms with E-state index in [1.165, 1.54) is 16.7 Å². The summed E-state index contributed by atoms with van der Waals surface area (Å²) in [5.41, 5.74) is 9.50. The van der Waals surface area contributed by atoms with Gasteiger partial charge in [0.05, 0.1) is 5.69 Å². The molecule has 0 atom stereocenters. The van der Waals surface area contributed by atoms with Crippen LogP contribution in [0.4, 0.5) is 0 Å². The topological polar surface area (TPSA) is 26.0 Å². The maximum atomic E-state index is 6.69. The van der Waals surface area contributed by atoms with Gasteiger partial charge in [-0.2, -0.15) is 0 Å². The minimum Gasteiger partial charge on any atom is -0.455 e. The maximum absolute atomic E-state index is 6.69. The molecule has 4 aromatic carbocycles. The molecule has 32 heavy (non-hydrogen) atoms. The van der Waals surface area contributed by atoms with Crippen molar-refractivity contribution in [2.75, 3.05) is 0 Å². The Morgan fingerprint density at radius 2 is 1.28 bits per heavy atom. The number of fused-ring (bicyclic) bond motifs is 3. The van der Waals surface area contributed by atoms with Gasteiger partial charge in [-0.1, -0.05) is 78.9 Å². The van der Waals surface area contributed by atoms with Crippen LogP contribution in [0.25, 0.3) is 55.4 Å². The third-order valence-electron chi connectivity index (χ3n) is 6.01. The molecule has 0 saturated heterocycles. The molecule has 0 spiro atoms. The zero-order valence-electron chi connectivity index (χ0n) is 17.7. The quantitative estimate of drug-likeness (QED) is 0.293. The van der Waals surface area contributed by atoms with Crippen LogP contribution in [0, 0.1) is 6.92 Å². The highest BCUT2D eigenvalue weighted by atomic mass is 16.3. The smallest absolute Gasteiger partial charge is 0.144 e. The van der Waals surface area contributed by atoms with Gasteiger partial charge in [-0.3, -0.25) is 4.98 Å². The van der Waals surface area contributed by atoms with Crippen molar-refractivity contribution < 1.29 is 4.42 Å². The number of hydrogen-bond acceptors (Lipinski definition) is 2. The van der Waals surface area contributed by atoms with E-state index >= 15 is 0 Å². The normalized spacial score (nSPS) is 11.3. The lowest BCUT2D eigenvalue weighted by Gasteiger charge is -2.08. The minimum absolute atomic E-state index is 0.876. The Morgan fingerprint density at radius 3 is 2.00 bits per heavy atom. The molecule has 6 rings (SSSR count). The number of hydrogen-bond donors (Lipinski definition) is 0. The van der Waals surface area contributed by atoms with Gasteiger partial charge in [0.15, 0.2) is 0 Å². The molecule has 2 heterocycles. The average Bonchev–Trinajstić information content (AvgIpc) is 3.24. The second kappa shape index (κ2) is 7.51. The molecule has 0 aliphatic carbocycles. The maximum Gasteiger partial charge on any atom is 0.144 e. The van der Waals surface area contributed by atoms with Crippen LogP contribution in [0.2, 0.25) is 0 Å². The molecule has 2 nitrogen and oxygen atoms in total. The van der Waals surface area contributed by atoms with Crippen LogP contribution in [-0.4, -0.2) is 4.98 Å². The van der Waals surface area contributed by atoms with Gasteiger partial charge in [0.1, 0.15) is 11.2 Å². The SMILES string of the molecule is Cc1ccnc(-c2cccc3c2oc2c(-c4ccccc4)ccc(-c4ccccc4)c23)c1. The summed E-state index contributed by atoms with van der Waals surface area (Å²) in [6.45, 7) is 2.09. The van der Waals surface area contributed by atoms with Crippen molar-refractivity contribution >= 4 is 21.9 Å². The molecule has 152 valence electrons. The second-order valence-electron chi connectivity index (χ2n) is 8.10. The van der Waals surface area contributed by atoms with E-state index in [-0.39, 0.29) is 0 Å². The Morgan fingerprint density at radius 1 is 0.594 bits per heavy atom. The van der Waals surface area contributed by atoms with Crippen molar-refractivity contribution in [3.63, 3.8) is 0 Å². The molecule has 0 unspecified atom stereocenters. The van der Waals surface area contributed by atoms with Gasteiger partial charge in [0.25, 0.3) is 0 Å².